The van der Waals surface area contributed by atoms with Crippen LogP contribution < -0.4 is 4.74 Å². The summed E-state index contributed by atoms with van der Waals surface area (Å²) in [5, 5.41) is 10.4. The number of aromatic carboxylic acids is 1. The van der Waals surface area contributed by atoms with Crippen LogP contribution in [0.5, 0.6) is 5.75 Å². The first-order valence-corrected chi connectivity index (χ1v) is 7.43. The van der Waals surface area contributed by atoms with Gasteiger partial charge in [-0.3, -0.25) is 4.79 Å². The van der Waals surface area contributed by atoms with Gasteiger partial charge in [0, 0.05) is 23.7 Å². The SMILES string of the molecule is CCN(C(=O)COc1csc(C(=O)O)c1)C1=CCCC1. The highest BCUT2D eigenvalue weighted by atomic mass is 32.1. The Morgan fingerprint density at radius 1 is 1.50 bits per heavy atom. The molecule has 0 saturated carbocycles. The Balaban J connectivity index is 1.91. The van der Waals surface area contributed by atoms with E-state index in [1.807, 2.05) is 6.92 Å². The van der Waals surface area contributed by atoms with Gasteiger partial charge >= 0.3 is 5.97 Å². The van der Waals surface area contributed by atoms with E-state index in [-0.39, 0.29) is 17.4 Å². The maximum absolute atomic E-state index is 12.1. The van der Waals surface area contributed by atoms with Crippen molar-refractivity contribution >= 4 is 23.2 Å². The van der Waals surface area contributed by atoms with Crippen LogP contribution in [0.1, 0.15) is 35.9 Å². The van der Waals surface area contributed by atoms with Crippen molar-refractivity contribution in [2.45, 2.75) is 26.2 Å². The summed E-state index contributed by atoms with van der Waals surface area (Å²) in [6, 6.07) is 1.44. The lowest BCUT2D eigenvalue weighted by Crippen LogP contribution is -2.33. The molecule has 1 aliphatic rings. The van der Waals surface area contributed by atoms with E-state index in [0.29, 0.717) is 12.3 Å². The Bertz CT molecular complexity index is 535. The molecule has 1 aromatic heterocycles. The summed E-state index contributed by atoms with van der Waals surface area (Å²) in [6.45, 7) is 2.49. The Morgan fingerprint density at radius 2 is 2.30 bits per heavy atom. The normalized spacial score (nSPS) is 13.9. The Kier molecular flexibility index (Phi) is 4.79. The molecular formula is C14H17NO4S. The summed E-state index contributed by atoms with van der Waals surface area (Å²) in [7, 11) is 0. The summed E-state index contributed by atoms with van der Waals surface area (Å²) in [5.74, 6) is -0.650. The average molecular weight is 295 g/mol. The molecule has 0 aliphatic heterocycles. The number of amides is 1. The first-order chi connectivity index (χ1) is 9.61. The fraction of sp³-hybridized carbons (Fsp3) is 0.429. The van der Waals surface area contributed by atoms with Gasteiger partial charge in [0.15, 0.2) is 6.61 Å². The van der Waals surface area contributed by atoms with E-state index < -0.39 is 5.97 Å². The molecule has 1 amide bonds. The maximum atomic E-state index is 12.1. The van der Waals surface area contributed by atoms with Gasteiger partial charge in [0.05, 0.1) is 0 Å². The molecule has 108 valence electrons. The van der Waals surface area contributed by atoms with Gasteiger partial charge in [0.25, 0.3) is 5.91 Å². The van der Waals surface area contributed by atoms with Crippen LogP contribution >= 0.6 is 11.3 Å². The fourth-order valence-corrected chi connectivity index (χ4v) is 2.83. The number of hydrogen-bond acceptors (Lipinski definition) is 4. The Labute approximate surface area is 121 Å². The molecule has 1 heterocycles. The summed E-state index contributed by atoms with van der Waals surface area (Å²) >= 11 is 1.09. The van der Waals surface area contributed by atoms with Crippen molar-refractivity contribution in [3.8, 4) is 5.75 Å². The van der Waals surface area contributed by atoms with Gasteiger partial charge in [-0.15, -0.1) is 11.3 Å². The monoisotopic (exact) mass is 295 g/mol. The molecule has 0 bridgehead atoms. The van der Waals surface area contributed by atoms with Gasteiger partial charge < -0.3 is 14.7 Å². The van der Waals surface area contributed by atoms with Crippen LogP contribution in [0, 0.1) is 0 Å². The van der Waals surface area contributed by atoms with Crippen molar-refractivity contribution in [1.82, 2.24) is 4.90 Å². The summed E-state index contributed by atoms with van der Waals surface area (Å²) in [4.78, 5) is 24.8. The van der Waals surface area contributed by atoms with Crippen LogP contribution in [-0.4, -0.2) is 35.0 Å². The van der Waals surface area contributed by atoms with Crippen molar-refractivity contribution in [3.63, 3.8) is 0 Å². The number of carbonyl (C=O) groups is 2. The van der Waals surface area contributed by atoms with Gasteiger partial charge in [-0.2, -0.15) is 0 Å². The molecule has 5 nitrogen and oxygen atoms in total. The highest BCUT2D eigenvalue weighted by molar-refractivity contribution is 7.12. The third-order valence-electron chi connectivity index (χ3n) is 3.13. The van der Waals surface area contributed by atoms with Crippen molar-refractivity contribution in [2.24, 2.45) is 0 Å². The number of allylic oxidation sites excluding steroid dienone is 2. The van der Waals surface area contributed by atoms with Crippen LogP contribution in [-0.2, 0) is 4.79 Å². The molecule has 0 atom stereocenters. The zero-order chi connectivity index (χ0) is 14.5. The lowest BCUT2D eigenvalue weighted by molar-refractivity contribution is -0.131. The van der Waals surface area contributed by atoms with Crippen molar-refractivity contribution in [1.29, 1.82) is 0 Å². The predicted octanol–water partition coefficient (Wildman–Crippen LogP) is 2.74. The molecule has 0 unspecified atom stereocenters. The van der Waals surface area contributed by atoms with Crippen LogP contribution in [0.2, 0.25) is 0 Å². The lowest BCUT2D eigenvalue weighted by Gasteiger charge is -2.22. The molecule has 0 radical (unpaired) electrons. The fourth-order valence-electron chi connectivity index (χ4n) is 2.17. The highest BCUT2D eigenvalue weighted by Gasteiger charge is 2.19. The second-order valence-corrected chi connectivity index (χ2v) is 5.38. The van der Waals surface area contributed by atoms with E-state index in [0.717, 1.165) is 36.3 Å². The van der Waals surface area contributed by atoms with Crippen molar-refractivity contribution in [3.05, 3.63) is 28.1 Å². The summed E-state index contributed by atoms with van der Waals surface area (Å²) in [5.41, 5.74) is 1.07. The highest BCUT2D eigenvalue weighted by Crippen LogP contribution is 2.23. The minimum atomic E-state index is -0.984. The molecule has 2 rings (SSSR count). The average Bonchev–Trinajstić information content (AvgIpc) is 3.08. The van der Waals surface area contributed by atoms with Crippen molar-refractivity contribution < 1.29 is 19.4 Å². The first-order valence-electron chi connectivity index (χ1n) is 6.56. The third-order valence-corrected chi connectivity index (χ3v) is 4.03. The van der Waals surface area contributed by atoms with E-state index in [1.54, 1.807) is 10.3 Å². The molecule has 0 aromatic carbocycles. The maximum Gasteiger partial charge on any atom is 0.346 e. The van der Waals surface area contributed by atoms with E-state index in [4.69, 9.17) is 9.84 Å². The topological polar surface area (TPSA) is 66.8 Å². The number of likely N-dealkylation sites (N-methyl/N-ethyl adjacent to an activating group) is 1. The number of thiophene rings is 1. The molecule has 1 N–H and O–H groups in total. The standard InChI is InChI=1S/C14H17NO4S/c1-2-15(10-5-3-4-6-10)13(16)8-19-11-7-12(14(17)18)20-9-11/h5,7,9H,2-4,6,8H2,1H3,(H,17,18). The van der Waals surface area contributed by atoms with Crippen LogP contribution in [0.25, 0.3) is 0 Å². The molecule has 1 aromatic rings. The number of ether oxygens (including phenoxy) is 1. The van der Waals surface area contributed by atoms with E-state index >= 15 is 0 Å². The van der Waals surface area contributed by atoms with Crippen LogP contribution in [0.3, 0.4) is 0 Å². The van der Waals surface area contributed by atoms with Crippen LogP contribution in [0.15, 0.2) is 23.2 Å². The smallest absolute Gasteiger partial charge is 0.346 e. The number of carboxylic acids is 1. The molecule has 6 heteroatoms. The second kappa shape index (κ2) is 6.56. The Morgan fingerprint density at radius 3 is 2.85 bits per heavy atom. The van der Waals surface area contributed by atoms with Gasteiger partial charge in [0.2, 0.25) is 0 Å². The number of hydrogen-bond donors (Lipinski definition) is 1. The van der Waals surface area contributed by atoms with E-state index in [1.165, 1.54) is 6.07 Å². The first kappa shape index (κ1) is 14.6. The van der Waals surface area contributed by atoms with E-state index in [2.05, 4.69) is 6.08 Å². The molecule has 0 fully saturated rings. The van der Waals surface area contributed by atoms with E-state index in [9.17, 15) is 9.59 Å². The lowest BCUT2D eigenvalue weighted by atomic mass is 10.3. The second-order valence-electron chi connectivity index (χ2n) is 4.47. The van der Waals surface area contributed by atoms with Gasteiger partial charge in [-0.05, 0) is 26.2 Å². The molecule has 0 saturated heterocycles. The zero-order valence-corrected chi connectivity index (χ0v) is 12.1. The van der Waals surface area contributed by atoms with Gasteiger partial charge in [0.1, 0.15) is 10.6 Å². The van der Waals surface area contributed by atoms with Gasteiger partial charge in [-0.1, -0.05) is 6.08 Å². The zero-order valence-electron chi connectivity index (χ0n) is 11.3. The Hall–Kier alpha value is -1.82. The number of nitrogens with zero attached hydrogens (tertiary/aromatic N) is 1. The minimum Gasteiger partial charge on any atom is -0.483 e. The molecule has 0 spiro atoms. The molecule has 1 aliphatic carbocycles. The quantitative estimate of drug-likeness (QED) is 0.876. The third kappa shape index (κ3) is 3.39. The summed E-state index contributed by atoms with van der Waals surface area (Å²) < 4.78 is 5.37. The largest absolute Gasteiger partial charge is 0.483 e. The number of carbonyl (C=O) groups excluding carboxylic acids is 1. The van der Waals surface area contributed by atoms with Crippen LogP contribution in [0.4, 0.5) is 0 Å². The minimum absolute atomic E-state index is 0.0685. The summed E-state index contributed by atoms with van der Waals surface area (Å²) in [6.07, 6.45) is 5.13. The number of rotatable bonds is 6. The number of carboxylic acid groups (broad SMARTS) is 1. The molecule has 20 heavy (non-hydrogen) atoms. The van der Waals surface area contributed by atoms with Crippen molar-refractivity contribution in [2.75, 3.05) is 13.2 Å². The van der Waals surface area contributed by atoms with Gasteiger partial charge in [-0.25, -0.2) is 4.79 Å². The predicted molar refractivity (Wildman–Crippen MR) is 76.1 cm³/mol. The molecular weight excluding hydrogens is 278 g/mol.